The number of halogens is 1. The second-order valence-corrected chi connectivity index (χ2v) is 9.81. The molecule has 1 atom stereocenters. The first-order chi connectivity index (χ1) is 17.0. The Morgan fingerprint density at radius 2 is 1.69 bits per heavy atom. The summed E-state index contributed by atoms with van der Waals surface area (Å²) in [4.78, 5) is 46.4. The summed E-state index contributed by atoms with van der Waals surface area (Å²) in [7, 11) is 0. The first-order valence-electron chi connectivity index (χ1n) is 12.3. The SMILES string of the molecule is NC(=O)C1CCCN(c2ccnc(N3CCN(c4ncc(C(=O)N5CCCC5)cc4Cl)CC3)n2)C1. The highest BCUT2D eigenvalue weighted by Gasteiger charge is 2.27. The van der Waals surface area contributed by atoms with Crippen LogP contribution in [0.25, 0.3) is 0 Å². The third kappa shape index (κ3) is 5.12. The molecular weight excluding hydrogens is 468 g/mol. The van der Waals surface area contributed by atoms with Crippen LogP contribution < -0.4 is 20.4 Å². The number of rotatable bonds is 5. The monoisotopic (exact) mass is 498 g/mol. The molecule has 0 bridgehead atoms. The molecule has 0 saturated carbocycles. The molecule has 3 aliphatic heterocycles. The van der Waals surface area contributed by atoms with Gasteiger partial charge in [0.15, 0.2) is 0 Å². The van der Waals surface area contributed by atoms with Crippen molar-refractivity contribution >= 4 is 41.0 Å². The van der Waals surface area contributed by atoms with Gasteiger partial charge in [-0.2, -0.15) is 4.98 Å². The van der Waals surface area contributed by atoms with E-state index in [4.69, 9.17) is 22.3 Å². The zero-order valence-electron chi connectivity index (χ0n) is 19.8. The quantitative estimate of drug-likeness (QED) is 0.664. The van der Waals surface area contributed by atoms with Crippen LogP contribution in [0.15, 0.2) is 24.5 Å². The van der Waals surface area contributed by atoms with Gasteiger partial charge < -0.3 is 25.3 Å². The highest BCUT2D eigenvalue weighted by atomic mass is 35.5. The summed E-state index contributed by atoms with van der Waals surface area (Å²) in [5, 5.41) is 0.496. The average molecular weight is 499 g/mol. The van der Waals surface area contributed by atoms with Gasteiger partial charge in [-0.1, -0.05) is 11.6 Å². The Labute approximate surface area is 210 Å². The fraction of sp³-hybridized carbons (Fsp3) is 0.542. The molecule has 2 aromatic rings. The molecule has 10 nitrogen and oxygen atoms in total. The molecule has 3 aliphatic rings. The maximum Gasteiger partial charge on any atom is 0.255 e. The van der Waals surface area contributed by atoms with Crippen molar-refractivity contribution in [2.75, 3.05) is 67.1 Å². The van der Waals surface area contributed by atoms with Gasteiger partial charge in [-0.15, -0.1) is 0 Å². The molecule has 3 fully saturated rings. The van der Waals surface area contributed by atoms with Gasteiger partial charge in [0, 0.05) is 64.8 Å². The number of piperidine rings is 1. The van der Waals surface area contributed by atoms with Crippen molar-refractivity contribution in [3.8, 4) is 0 Å². The highest BCUT2D eigenvalue weighted by molar-refractivity contribution is 6.33. The lowest BCUT2D eigenvalue weighted by molar-refractivity contribution is -0.122. The summed E-state index contributed by atoms with van der Waals surface area (Å²) in [6, 6.07) is 3.62. The van der Waals surface area contributed by atoms with Crippen molar-refractivity contribution in [1.29, 1.82) is 0 Å². The molecule has 3 saturated heterocycles. The number of carbonyl (C=O) groups is 2. The number of carbonyl (C=O) groups excluding carboxylic acids is 2. The van der Waals surface area contributed by atoms with Crippen molar-refractivity contribution in [2.45, 2.75) is 25.7 Å². The van der Waals surface area contributed by atoms with Crippen molar-refractivity contribution < 1.29 is 9.59 Å². The predicted molar refractivity (Wildman–Crippen MR) is 135 cm³/mol. The number of nitrogens with zero attached hydrogens (tertiary/aromatic N) is 7. The summed E-state index contributed by atoms with van der Waals surface area (Å²) in [6.45, 7) is 5.92. The van der Waals surface area contributed by atoms with Crippen LogP contribution in [0.4, 0.5) is 17.6 Å². The second kappa shape index (κ2) is 10.2. The van der Waals surface area contributed by atoms with Gasteiger partial charge in [0.2, 0.25) is 11.9 Å². The largest absolute Gasteiger partial charge is 0.369 e. The molecule has 2 aromatic heterocycles. The Kier molecular flexibility index (Phi) is 6.90. The smallest absolute Gasteiger partial charge is 0.255 e. The van der Waals surface area contributed by atoms with E-state index in [1.54, 1.807) is 18.5 Å². The van der Waals surface area contributed by atoms with E-state index in [1.807, 2.05) is 11.0 Å². The van der Waals surface area contributed by atoms with Crippen LogP contribution in [0.1, 0.15) is 36.0 Å². The van der Waals surface area contributed by atoms with Gasteiger partial charge in [0.1, 0.15) is 11.6 Å². The summed E-state index contributed by atoms with van der Waals surface area (Å²) >= 11 is 6.56. The minimum Gasteiger partial charge on any atom is -0.369 e. The van der Waals surface area contributed by atoms with E-state index in [1.165, 1.54) is 0 Å². The number of hydrogen-bond acceptors (Lipinski definition) is 8. The fourth-order valence-electron chi connectivity index (χ4n) is 5.09. The summed E-state index contributed by atoms with van der Waals surface area (Å²) < 4.78 is 0. The van der Waals surface area contributed by atoms with Crippen LogP contribution in [0.3, 0.4) is 0 Å². The molecule has 0 aliphatic carbocycles. The summed E-state index contributed by atoms with van der Waals surface area (Å²) in [6.07, 6.45) is 7.25. The van der Waals surface area contributed by atoms with E-state index < -0.39 is 0 Å². The van der Waals surface area contributed by atoms with Gasteiger partial charge in [-0.05, 0) is 37.8 Å². The molecule has 186 valence electrons. The van der Waals surface area contributed by atoms with Crippen molar-refractivity contribution in [1.82, 2.24) is 19.9 Å². The Morgan fingerprint density at radius 1 is 0.943 bits per heavy atom. The molecule has 35 heavy (non-hydrogen) atoms. The Bertz CT molecular complexity index is 1080. The third-order valence-electron chi connectivity index (χ3n) is 7.10. The lowest BCUT2D eigenvalue weighted by Crippen LogP contribution is -2.47. The van der Waals surface area contributed by atoms with Crippen LogP contribution in [0.5, 0.6) is 0 Å². The van der Waals surface area contributed by atoms with E-state index in [2.05, 4.69) is 24.7 Å². The first-order valence-corrected chi connectivity index (χ1v) is 12.7. The Hall–Kier alpha value is -3.14. The first kappa shape index (κ1) is 23.6. The standard InChI is InChI=1S/C24H31ClN8O2/c25-19-14-18(23(35)31-7-1-2-8-31)15-28-22(19)30-10-12-32(13-11-30)24-27-6-5-20(29-24)33-9-3-4-17(16-33)21(26)34/h5-6,14-15,17H,1-4,7-13,16H2,(H2,26,34). The van der Waals surface area contributed by atoms with Crippen molar-refractivity contribution in [2.24, 2.45) is 11.7 Å². The average Bonchev–Trinajstić information content (AvgIpc) is 3.44. The number of amides is 2. The van der Waals surface area contributed by atoms with Gasteiger partial charge in [-0.3, -0.25) is 9.59 Å². The van der Waals surface area contributed by atoms with E-state index in [0.29, 0.717) is 42.0 Å². The highest BCUT2D eigenvalue weighted by Crippen LogP contribution is 2.28. The van der Waals surface area contributed by atoms with E-state index in [-0.39, 0.29) is 17.7 Å². The molecular formula is C24H31ClN8O2. The predicted octanol–water partition coefficient (Wildman–Crippen LogP) is 1.79. The lowest BCUT2D eigenvalue weighted by atomic mass is 9.97. The minimum atomic E-state index is -0.249. The van der Waals surface area contributed by atoms with Crippen molar-refractivity contribution in [3.63, 3.8) is 0 Å². The molecule has 0 spiro atoms. The number of pyridine rings is 1. The van der Waals surface area contributed by atoms with Crippen molar-refractivity contribution in [3.05, 3.63) is 35.1 Å². The normalized spacial score (nSPS) is 20.9. The number of anilines is 3. The second-order valence-electron chi connectivity index (χ2n) is 9.41. The fourth-order valence-corrected chi connectivity index (χ4v) is 5.37. The zero-order valence-corrected chi connectivity index (χ0v) is 20.5. The number of likely N-dealkylation sites (tertiary alicyclic amines) is 1. The van der Waals surface area contributed by atoms with Gasteiger partial charge in [-0.25, -0.2) is 9.97 Å². The van der Waals surface area contributed by atoms with Crippen LogP contribution >= 0.6 is 11.6 Å². The number of hydrogen-bond donors (Lipinski definition) is 1. The van der Waals surface area contributed by atoms with E-state index in [9.17, 15) is 9.59 Å². The van der Waals surface area contributed by atoms with Crippen LogP contribution in [-0.2, 0) is 4.79 Å². The number of nitrogens with two attached hydrogens (primary N) is 1. The van der Waals surface area contributed by atoms with Crippen LogP contribution in [-0.4, -0.2) is 84.0 Å². The maximum absolute atomic E-state index is 12.6. The Balaban J connectivity index is 1.22. The lowest BCUT2D eigenvalue weighted by Gasteiger charge is -2.36. The van der Waals surface area contributed by atoms with Crippen LogP contribution in [0.2, 0.25) is 5.02 Å². The summed E-state index contributed by atoms with van der Waals surface area (Å²) in [5.41, 5.74) is 6.08. The van der Waals surface area contributed by atoms with Gasteiger partial charge in [0.25, 0.3) is 5.91 Å². The van der Waals surface area contributed by atoms with Gasteiger partial charge in [0.05, 0.1) is 16.5 Å². The molecule has 2 N–H and O–H groups in total. The number of aromatic nitrogens is 3. The molecule has 0 radical (unpaired) electrons. The maximum atomic E-state index is 12.6. The summed E-state index contributed by atoms with van der Waals surface area (Å²) in [5.74, 6) is 1.81. The molecule has 5 heterocycles. The van der Waals surface area contributed by atoms with Crippen LogP contribution in [0, 0.1) is 5.92 Å². The van der Waals surface area contributed by atoms with Gasteiger partial charge >= 0.3 is 0 Å². The molecule has 1 unspecified atom stereocenters. The molecule has 2 amide bonds. The molecule has 0 aromatic carbocycles. The number of piperazine rings is 1. The minimum absolute atomic E-state index is 0.00107. The van der Waals surface area contributed by atoms with E-state index in [0.717, 1.165) is 64.2 Å². The van der Waals surface area contributed by atoms with E-state index >= 15 is 0 Å². The molecule has 11 heteroatoms. The Morgan fingerprint density at radius 3 is 2.40 bits per heavy atom. The molecule has 5 rings (SSSR count). The number of primary amides is 1. The zero-order chi connectivity index (χ0) is 24.4. The third-order valence-corrected chi connectivity index (χ3v) is 7.38. The topological polar surface area (TPSA) is 112 Å².